The summed E-state index contributed by atoms with van der Waals surface area (Å²) in [5.41, 5.74) is 0.934. The number of imidazole rings is 1. The van der Waals surface area contributed by atoms with Gasteiger partial charge < -0.3 is 14.3 Å². The lowest BCUT2D eigenvalue weighted by Crippen LogP contribution is -2.30. The molecule has 2 aromatic heterocycles. The zero-order valence-corrected chi connectivity index (χ0v) is 12.7. The third-order valence-electron chi connectivity index (χ3n) is 3.48. The van der Waals surface area contributed by atoms with Crippen molar-refractivity contribution in [2.75, 3.05) is 0 Å². The molecule has 0 bridgehead atoms. The highest BCUT2D eigenvalue weighted by atomic mass is 16.4. The highest BCUT2D eigenvalue weighted by Crippen LogP contribution is 2.16. The van der Waals surface area contributed by atoms with Crippen LogP contribution in [0.2, 0.25) is 0 Å². The van der Waals surface area contributed by atoms with Gasteiger partial charge in [0.15, 0.2) is 0 Å². The van der Waals surface area contributed by atoms with Gasteiger partial charge in [-0.1, -0.05) is 18.2 Å². The second kappa shape index (κ2) is 6.53. The minimum atomic E-state index is 0.278. The van der Waals surface area contributed by atoms with Crippen LogP contribution in [-0.4, -0.2) is 25.8 Å². The Bertz CT molecular complexity index is 719. The molecule has 3 aromatic rings. The molecule has 0 saturated heterocycles. The minimum absolute atomic E-state index is 0.278. The fraction of sp³-hybridized carbons (Fsp3) is 0.312. The van der Waals surface area contributed by atoms with Crippen LogP contribution in [0.3, 0.4) is 0 Å². The first-order valence-corrected chi connectivity index (χ1v) is 7.31. The summed E-state index contributed by atoms with van der Waals surface area (Å²) in [6.07, 6.45) is 3.79. The van der Waals surface area contributed by atoms with E-state index in [9.17, 15) is 0 Å². The Hall–Kier alpha value is -2.47. The molecule has 0 spiro atoms. The van der Waals surface area contributed by atoms with Gasteiger partial charge in [0.25, 0.3) is 0 Å². The van der Waals surface area contributed by atoms with Crippen LogP contribution in [0.15, 0.2) is 47.1 Å². The smallest absolute Gasteiger partial charge is 0.247 e. The first kappa shape index (κ1) is 14.5. The Morgan fingerprint density at radius 2 is 2.05 bits per heavy atom. The van der Waals surface area contributed by atoms with E-state index in [1.165, 1.54) is 0 Å². The Morgan fingerprint density at radius 3 is 2.77 bits per heavy atom. The van der Waals surface area contributed by atoms with Crippen molar-refractivity contribution in [2.45, 2.75) is 33.0 Å². The van der Waals surface area contributed by atoms with Crippen LogP contribution in [0.4, 0.5) is 0 Å². The average molecular weight is 297 g/mol. The number of benzene rings is 1. The lowest BCUT2D eigenvalue weighted by Gasteiger charge is -2.14. The Morgan fingerprint density at radius 1 is 1.23 bits per heavy atom. The maximum absolute atomic E-state index is 5.68. The number of aryl methyl sites for hydroxylation is 1. The van der Waals surface area contributed by atoms with E-state index in [0.29, 0.717) is 18.3 Å². The molecule has 2 heterocycles. The third-order valence-corrected chi connectivity index (χ3v) is 3.48. The van der Waals surface area contributed by atoms with E-state index in [2.05, 4.69) is 32.0 Å². The van der Waals surface area contributed by atoms with Gasteiger partial charge in [0.1, 0.15) is 5.82 Å². The summed E-state index contributed by atoms with van der Waals surface area (Å²) >= 11 is 0. The molecular formula is C16H19N5O. The molecule has 0 aliphatic rings. The maximum atomic E-state index is 5.68. The molecule has 6 heteroatoms. The molecule has 0 radical (unpaired) electrons. The first-order valence-electron chi connectivity index (χ1n) is 7.31. The van der Waals surface area contributed by atoms with Crippen molar-refractivity contribution in [1.29, 1.82) is 0 Å². The van der Waals surface area contributed by atoms with Gasteiger partial charge in [-0.25, -0.2) is 4.98 Å². The molecule has 0 aliphatic carbocycles. The predicted octanol–water partition coefficient (Wildman–Crippen LogP) is 2.42. The van der Waals surface area contributed by atoms with Crippen LogP contribution in [0, 0.1) is 6.92 Å². The largest absolute Gasteiger partial charge is 0.419 e. The molecule has 1 unspecified atom stereocenters. The number of nitrogens with one attached hydrogen (secondary N) is 1. The van der Waals surface area contributed by atoms with Crippen LogP contribution in [0.5, 0.6) is 0 Å². The van der Waals surface area contributed by atoms with Gasteiger partial charge in [0.2, 0.25) is 11.8 Å². The van der Waals surface area contributed by atoms with Crippen molar-refractivity contribution in [3.63, 3.8) is 0 Å². The third kappa shape index (κ3) is 3.40. The van der Waals surface area contributed by atoms with Crippen molar-refractivity contribution in [2.24, 2.45) is 0 Å². The zero-order chi connectivity index (χ0) is 15.4. The molecule has 3 rings (SSSR count). The first-order chi connectivity index (χ1) is 10.7. The predicted molar refractivity (Wildman–Crippen MR) is 83.0 cm³/mol. The van der Waals surface area contributed by atoms with Gasteiger partial charge in [0, 0.05) is 30.5 Å². The van der Waals surface area contributed by atoms with Crippen molar-refractivity contribution in [3.8, 4) is 11.5 Å². The summed E-state index contributed by atoms with van der Waals surface area (Å²) in [7, 11) is 0. The standard InChI is InChI=1S/C16H19N5O/c1-12(11-21-9-8-17-13(21)2)18-10-15-19-20-16(22-15)14-6-4-3-5-7-14/h3-9,12,18H,10-11H2,1-2H3. The van der Waals surface area contributed by atoms with E-state index in [1.807, 2.05) is 49.6 Å². The molecule has 1 aromatic carbocycles. The summed E-state index contributed by atoms with van der Waals surface area (Å²) in [4.78, 5) is 4.22. The summed E-state index contributed by atoms with van der Waals surface area (Å²) < 4.78 is 7.79. The average Bonchev–Trinajstić information content (AvgIpc) is 3.16. The normalized spacial score (nSPS) is 12.5. The molecule has 6 nitrogen and oxygen atoms in total. The quantitative estimate of drug-likeness (QED) is 0.756. The lowest BCUT2D eigenvalue weighted by atomic mass is 10.2. The van der Waals surface area contributed by atoms with Gasteiger partial charge in [-0.05, 0) is 26.0 Å². The molecule has 0 aliphatic heterocycles. The number of rotatable bonds is 6. The SMILES string of the molecule is Cc1nccn1CC(C)NCc1nnc(-c2ccccc2)o1. The van der Waals surface area contributed by atoms with Crippen LogP contribution >= 0.6 is 0 Å². The Kier molecular flexibility index (Phi) is 4.29. The topological polar surface area (TPSA) is 68.8 Å². The Labute approximate surface area is 129 Å². The summed E-state index contributed by atoms with van der Waals surface area (Å²) in [5, 5.41) is 11.5. The summed E-state index contributed by atoms with van der Waals surface area (Å²) in [6.45, 7) is 5.52. The van der Waals surface area contributed by atoms with Crippen LogP contribution < -0.4 is 5.32 Å². The van der Waals surface area contributed by atoms with Gasteiger partial charge in [-0.3, -0.25) is 0 Å². The van der Waals surface area contributed by atoms with Crippen molar-refractivity contribution in [3.05, 3.63) is 54.4 Å². The summed E-state index contributed by atoms with van der Waals surface area (Å²) in [6, 6.07) is 10.0. The zero-order valence-electron chi connectivity index (χ0n) is 12.7. The maximum Gasteiger partial charge on any atom is 0.247 e. The van der Waals surface area contributed by atoms with Gasteiger partial charge in [-0.15, -0.1) is 10.2 Å². The van der Waals surface area contributed by atoms with Gasteiger partial charge in [-0.2, -0.15) is 0 Å². The number of nitrogens with zero attached hydrogens (tertiary/aromatic N) is 4. The van der Waals surface area contributed by atoms with E-state index >= 15 is 0 Å². The minimum Gasteiger partial charge on any atom is -0.419 e. The van der Waals surface area contributed by atoms with E-state index < -0.39 is 0 Å². The molecule has 114 valence electrons. The fourth-order valence-electron chi connectivity index (χ4n) is 2.24. The second-order valence-corrected chi connectivity index (χ2v) is 5.28. The molecule has 1 N–H and O–H groups in total. The molecule has 22 heavy (non-hydrogen) atoms. The van der Waals surface area contributed by atoms with Gasteiger partial charge >= 0.3 is 0 Å². The van der Waals surface area contributed by atoms with E-state index in [-0.39, 0.29) is 6.04 Å². The van der Waals surface area contributed by atoms with Crippen LogP contribution in [-0.2, 0) is 13.1 Å². The second-order valence-electron chi connectivity index (χ2n) is 5.28. The van der Waals surface area contributed by atoms with Crippen molar-refractivity contribution >= 4 is 0 Å². The van der Waals surface area contributed by atoms with E-state index in [0.717, 1.165) is 17.9 Å². The number of aromatic nitrogens is 4. The highest BCUT2D eigenvalue weighted by Gasteiger charge is 2.10. The van der Waals surface area contributed by atoms with Crippen molar-refractivity contribution < 1.29 is 4.42 Å². The monoisotopic (exact) mass is 297 g/mol. The molecule has 0 fully saturated rings. The van der Waals surface area contributed by atoms with Crippen molar-refractivity contribution in [1.82, 2.24) is 25.1 Å². The molecule has 0 saturated carbocycles. The molecule has 1 atom stereocenters. The molecule has 0 amide bonds. The lowest BCUT2D eigenvalue weighted by molar-refractivity contribution is 0.420. The molecular weight excluding hydrogens is 278 g/mol. The number of hydrogen-bond acceptors (Lipinski definition) is 5. The van der Waals surface area contributed by atoms with Crippen LogP contribution in [0.1, 0.15) is 18.6 Å². The van der Waals surface area contributed by atoms with E-state index in [4.69, 9.17) is 4.42 Å². The Balaban J connectivity index is 1.56. The number of hydrogen-bond donors (Lipinski definition) is 1. The van der Waals surface area contributed by atoms with Crippen LogP contribution in [0.25, 0.3) is 11.5 Å². The summed E-state index contributed by atoms with van der Waals surface area (Å²) in [5.74, 6) is 2.15. The highest BCUT2D eigenvalue weighted by molar-refractivity contribution is 5.51. The fourth-order valence-corrected chi connectivity index (χ4v) is 2.24. The van der Waals surface area contributed by atoms with Gasteiger partial charge in [0.05, 0.1) is 6.54 Å². The van der Waals surface area contributed by atoms with E-state index in [1.54, 1.807) is 0 Å².